The van der Waals surface area contributed by atoms with Crippen molar-refractivity contribution >= 4 is 0 Å². The minimum atomic E-state index is -1.49. The number of hydrogen-bond donors (Lipinski definition) is 1. The average Bonchev–Trinajstić information content (AvgIpc) is 2.15. The van der Waals surface area contributed by atoms with E-state index in [1.165, 1.54) is 0 Å². The molecule has 1 aromatic carbocycles. The molecular weight excluding hydrogens is 198 g/mol. The van der Waals surface area contributed by atoms with E-state index in [1.54, 1.807) is 0 Å². The SMILES string of the molecule is C=C[C@H](N)c1c(F)c(F)cc(F)c1F. The van der Waals surface area contributed by atoms with Gasteiger partial charge in [0.2, 0.25) is 0 Å². The third-order valence-corrected chi connectivity index (χ3v) is 1.73. The molecule has 0 spiro atoms. The standard InChI is InChI=1S/C9H7F4N/c1-2-6(14)7-8(12)4(10)3-5(11)9(7)13/h2-3,6H,1,14H2/t6-/m0/s1. The monoisotopic (exact) mass is 205 g/mol. The predicted molar refractivity (Wildman–Crippen MR) is 43.4 cm³/mol. The molecule has 0 radical (unpaired) electrons. The minimum Gasteiger partial charge on any atom is -0.321 e. The maximum absolute atomic E-state index is 13.0. The molecule has 0 fully saturated rings. The summed E-state index contributed by atoms with van der Waals surface area (Å²) in [5, 5.41) is 0. The van der Waals surface area contributed by atoms with Gasteiger partial charge in [-0.1, -0.05) is 6.08 Å². The minimum absolute atomic E-state index is 0.129. The fourth-order valence-corrected chi connectivity index (χ4v) is 1.00. The van der Waals surface area contributed by atoms with Crippen LogP contribution in [0, 0.1) is 23.3 Å². The molecule has 5 heteroatoms. The van der Waals surface area contributed by atoms with E-state index in [2.05, 4.69) is 6.58 Å². The molecule has 1 atom stereocenters. The molecule has 0 bridgehead atoms. The van der Waals surface area contributed by atoms with Gasteiger partial charge in [-0.2, -0.15) is 0 Å². The van der Waals surface area contributed by atoms with Crippen LogP contribution in [0.25, 0.3) is 0 Å². The van der Waals surface area contributed by atoms with Crippen LogP contribution in [0.4, 0.5) is 17.6 Å². The van der Waals surface area contributed by atoms with Crippen molar-refractivity contribution in [3.63, 3.8) is 0 Å². The van der Waals surface area contributed by atoms with E-state index in [9.17, 15) is 17.6 Å². The maximum atomic E-state index is 13.0. The summed E-state index contributed by atoms with van der Waals surface area (Å²) in [6.07, 6.45) is 0.986. The molecule has 0 heterocycles. The van der Waals surface area contributed by atoms with Crippen molar-refractivity contribution in [2.24, 2.45) is 5.73 Å². The van der Waals surface area contributed by atoms with Crippen molar-refractivity contribution in [1.29, 1.82) is 0 Å². The summed E-state index contributed by atoms with van der Waals surface area (Å²) in [5.41, 5.74) is 4.35. The maximum Gasteiger partial charge on any atom is 0.167 e. The lowest BCUT2D eigenvalue weighted by molar-refractivity contribution is 0.434. The fraction of sp³-hybridized carbons (Fsp3) is 0.111. The highest BCUT2D eigenvalue weighted by molar-refractivity contribution is 5.27. The molecule has 0 aliphatic heterocycles. The highest BCUT2D eigenvalue weighted by Gasteiger charge is 2.21. The van der Waals surface area contributed by atoms with Crippen LogP contribution in [0.3, 0.4) is 0 Å². The lowest BCUT2D eigenvalue weighted by Gasteiger charge is -2.10. The Morgan fingerprint density at radius 3 is 1.93 bits per heavy atom. The zero-order valence-electron chi connectivity index (χ0n) is 7.03. The first-order chi connectivity index (χ1) is 6.49. The Hall–Kier alpha value is -1.36. The van der Waals surface area contributed by atoms with E-state index < -0.39 is 34.9 Å². The molecule has 0 amide bonds. The summed E-state index contributed by atoms with van der Waals surface area (Å²) in [7, 11) is 0. The van der Waals surface area contributed by atoms with E-state index in [1.807, 2.05) is 0 Å². The predicted octanol–water partition coefficient (Wildman–Crippen LogP) is 2.43. The molecule has 1 rings (SSSR count). The summed E-state index contributed by atoms with van der Waals surface area (Å²) in [6, 6.07) is -1.15. The highest BCUT2D eigenvalue weighted by atomic mass is 19.2. The van der Waals surface area contributed by atoms with Crippen molar-refractivity contribution < 1.29 is 17.6 Å². The summed E-state index contributed by atoms with van der Waals surface area (Å²) >= 11 is 0. The first-order valence-electron chi connectivity index (χ1n) is 3.70. The van der Waals surface area contributed by atoms with Crippen LogP contribution in [0.15, 0.2) is 18.7 Å². The molecule has 0 saturated carbocycles. The first-order valence-corrected chi connectivity index (χ1v) is 3.70. The third kappa shape index (κ3) is 1.63. The topological polar surface area (TPSA) is 26.0 Å². The van der Waals surface area contributed by atoms with Gasteiger partial charge in [-0.25, -0.2) is 17.6 Å². The van der Waals surface area contributed by atoms with Gasteiger partial charge in [-0.15, -0.1) is 6.58 Å². The van der Waals surface area contributed by atoms with E-state index in [0.29, 0.717) is 0 Å². The second kappa shape index (κ2) is 3.79. The normalized spacial score (nSPS) is 12.6. The van der Waals surface area contributed by atoms with Crippen molar-refractivity contribution in [3.8, 4) is 0 Å². The van der Waals surface area contributed by atoms with Gasteiger partial charge in [0, 0.05) is 6.07 Å². The summed E-state index contributed by atoms with van der Waals surface area (Å²) in [5.74, 6) is -5.93. The Labute approximate surface area is 77.8 Å². The van der Waals surface area contributed by atoms with Crippen LogP contribution in [0.5, 0.6) is 0 Å². The smallest absolute Gasteiger partial charge is 0.167 e. The molecule has 14 heavy (non-hydrogen) atoms. The van der Waals surface area contributed by atoms with Gasteiger partial charge in [0.1, 0.15) is 0 Å². The van der Waals surface area contributed by atoms with Crippen molar-refractivity contribution in [2.75, 3.05) is 0 Å². The van der Waals surface area contributed by atoms with E-state index in [0.717, 1.165) is 6.08 Å². The van der Waals surface area contributed by atoms with Gasteiger partial charge in [0.05, 0.1) is 11.6 Å². The molecule has 1 aromatic rings. The molecular formula is C9H7F4N. The van der Waals surface area contributed by atoms with Gasteiger partial charge in [0.15, 0.2) is 23.3 Å². The van der Waals surface area contributed by atoms with Crippen LogP contribution in [-0.4, -0.2) is 0 Å². The van der Waals surface area contributed by atoms with Gasteiger partial charge in [0.25, 0.3) is 0 Å². The van der Waals surface area contributed by atoms with E-state index in [4.69, 9.17) is 5.73 Å². The Morgan fingerprint density at radius 1 is 1.14 bits per heavy atom. The summed E-state index contributed by atoms with van der Waals surface area (Å²) in [6.45, 7) is 3.18. The van der Waals surface area contributed by atoms with Gasteiger partial charge >= 0.3 is 0 Å². The third-order valence-electron chi connectivity index (χ3n) is 1.73. The summed E-state index contributed by atoms with van der Waals surface area (Å²) in [4.78, 5) is 0. The van der Waals surface area contributed by atoms with Crippen LogP contribution >= 0.6 is 0 Å². The lowest BCUT2D eigenvalue weighted by Crippen LogP contribution is -2.14. The first kappa shape index (κ1) is 10.7. The van der Waals surface area contributed by atoms with Crippen LogP contribution < -0.4 is 5.73 Å². The molecule has 0 aliphatic rings. The fourth-order valence-electron chi connectivity index (χ4n) is 1.00. The van der Waals surface area contributed by atoms with Gasteiger partial charge in [-0.3, -0.25) is 0 Å². The van der Waals surface area contributed by atoms with Crippen LogP contribution in [-0.2, 0) is 0 Å². The zero-order chi connectivity index (χ0) is 10.9. The number of benzene rings is 1. The average molecular weight is 205 g/mol. The molecule has 0 aromatic heterocycles. The molecule has 0 unspecified atom stereocenters. The Bertz CT molecular complexity index is 349. The zero-order valence-corrected chi connectivity index (χ0v) is 7.03. The lowest BCUT2D eigenvalue weighted by atomic mass is 10.1. The molecule has 1 nitrogen and oxygen atoms in total. The molecule has 0 saturated heterocycles. The van der Waals surface area contributed by atoms with Crippen LogP contribution in [0.2, 0.25) is 0 Å². The highest BCUT2D eigenvalue weighted by Crippen LogP contribution is 2.24. The number of halogens is 4. The van der Waals surface area contributed by atoms with Gasteiger partial charge < -0.3 is 5.73 Å². The van der Waals surface area contributed by atoms with Crippen LogP contribution in [0.1, 0.15) is 11.6 Å². The number of nitrogens with two attached hydrogens (primary N) is 1. The largest absolute Gasteiger partial charge is 0.321 e. The Morgan fingerprint density at radius 2 is 1.57 bits per heavy atom. The number of rotatable bonds is 2. The molecule has 0 aliphatic carbocycles. The molecule has 2 N–H and O–H groups in total. The Kier molecular flexibility index (Phi) is 2.90. The molecule has 76 valence electrons. The van der Waals surface area contributed by atoms with Gasteiger partial charge in [-0.05, 0) is 0 Å². The quantitative estimate of drug-likeness (QED) is 0.448. The number of hydrogen-bond acceptors (Lipinski definition) is 1. The van der Waals surface area contributed by atoms with E-state index >= 15 is 0 Å². The summed E-state index contributed by atoms with van der Waals surface area (Å²) < 4.78 is 51.2. The van der Waals surface area contributed by atoms with E-state index in [-0.39, 0.29) is 6.07 Å². The Balaban J connectivity index is 3.46. The second-order valence-corrected chi connectivity index (χ2v) is 2.64. The van der Waals surface area contributed by atoms with Crippen molar-refractivity contribution in [3.05, 3.63) is 47.6 Å². The van der Waals surface area contributed by atoms with Crippen molar-refractivity contribution in [1.82, 2.24) is 0 Å². The van der Waals surface area contributed by atoms with Crippen molar-refractivity contribution in [2.45, 2.75) is 6.04 Å². The second-order valence-electron chi connectivity index (χ2n) is 2.64.